The van der Waals surface area contributed by atoms with Gasteiger partial charge in [-0.1, -0.05) is 18.2 Å². The van der Waals surface area contributed by atoms with E-state index in [1.165, 1.54) is 0 Å². The maximum absolute atomic E-state index is 12.9. The molecule has 1 unspecified atom stereocenters. The number of rotatable bonds is 5. The molecule has 1 heterocycles. The Bertz CT molecular complexity index is 948. The Morgan fingerprint density at radius 1 is 1.21 bits per heavy atom. The number of ether oxygens (including phenoxy) is 1. The van der Waals surface area contributed by atoms with E-state index in [0.29, 0.717) is 22.7 Å². The van der Waals surface area contributed by atoms with Gasteiger partial charge in [0, 0.05) is 11.4 Å². The van der Waals surface area contributed by atoms with Gasteiger partial charge in [0.25, 0.3) is 5.91 Å². The van der Waals surface area contributed by atoms with Crippen LogP contribution in [0.1, 0.15) is 18.1 Å². The number of nitrogens with zero attached hydrogens (tertiary/aromatic N) is 1. The molecule has 1 aliphatic heterocycles. The fraction of sp³-hybridized carbons (Fsp3) is 0.250. The molecule has 0 spiro atoms. The summed E-state index contributed by atoms with van der Waals surface area (Å²) in [6.07, 6.45) is 0. The third-order valence-electron chi connectivity index (χ3n) is 4.78. The summed E-state index contributed by atoms with van der Waals surface area (Å²) in [5.74, 6) is -0.351. The highest BCUT2D eigenvalue weighted by Gasteiger charge is 2.49. The lowest BCUT2D eigenvalue weighted by Crippen LogP contribution is -2.42. The fourth-order valence-corrected chi connectivity index (χ4v) is 3.07. The first-order chi connectivity index (χ1) is 13.2. The van der Waals surface area contributed by atoms with Crippen LogP contribution in [0.2, 0.25) is 0 Å². The molecule has 1 aliphatic rings. The third kappa shape index (κ3) is 4.27. The van der Waals surface area contributed by atoms with E-state index in [1.54, 1.807) is 56.5 Å². The predicted octanol–water partition coefficient (Wildman–Crippen LogP) is 2.41. The van der Waals surface area contributed by atoms with Crippen LogP contribution in [0.25, 0.3) is 0 Å². The average Bonchev–Trinajstić information content (AvgIpc) is 2.89. The number of nitrogens with two attached hydrogens (primary N) is 1. The molecule has 1 atom stereocenters. The monoisotopic (exact) mass is 418 g/mol. The lowest BCUT2D eigenvalue weighted by Gasteiger charge is -2.22. The zero-order chi connectivity index (χ0) is 20.5. The van der Waals surface area contributed by atoms with Crippen molar-refractivity contribution in [1.82, 2.24) is 10.2 Å². The molecule has 0 radical (unpaired) electrons. The van der Waals surface area contributed by atoms with Gasteiger partial charge >= 0.3 is 6.03 Å². The average molecular weight is 419 g/mol. The van der Waals surface area contributed by atoms with Crippen LogP contribution in [0.15, 0.2) is 42.5 Å². The summed E-state index contributed by atoms with van der Waals surface area (Å²) in [6.45, 7) is 3.03. The number of nitrogen functional groups attached to an aromatic ring is 1. The molecule has 1 saturated heterocycles. The molecule has 154 valence electrons. The molecule has 0 aromatic heterocycles. The molecule has 4 amide bonds. The maximum atomic E-state index is 12.9. The summed E-state index contributed by atoms with van der Waals surface area (Å²) < 4.78 is 5.12. The van der Waals surface area contributed by atoms with Gasteiger partial charge < -0.3 is 21.1 Å². The Kier molecular flexibility index (Phi) is 6.38. The lowest BCUT2D eigenvalue weighted by molar-refractivity contribution is -0.133. The quantitative estimate of drug-likeness (QED) is 0.509. The second-order valence-corrected chi connectivity index (χ2v) is 6.80. The highest BCUT2D eigenvalue weighted by atomic mass is 35.5. The van der Waals surface area contributed by atoms with Crippen molar-refractivity contribution in [3.8, 4) is 5.75 Å². The molecule has 9 heteroatoms. The third-order valence-corrected chi connectivity index (χ3v) is 4.78. The maximum Gasteiger partial charge on any atom is 0.325 e. The minimum atomic E-state index is -1.25. The van der Waals surface area contributed by atoms with Crippen LogP contribution in [-0.4, -0.2) is 36.4 Å². The van der Waals surface area contributed by atoms with E-state index in [4.69, 9.17) is 10.5 Å². The van der Waals surface area contributed by atoms with E-state index in [1.807, 2.05) is 6.92 Å². The number of nitrogens with one attached hydrogen (secondary N) is 2. The van der Waals surface area contributed by atoms with E-state index in [-0.39, 0.29) is 12.4 Å². The molecule has 2 aromatic carbocycles. The summed E-state index contributed by atoms with van der Waals surface area (Å²) >= 11 is 0. The number of methoxy groups -OCH3 is 1. The Morgan fingerprint density at radius 2 is 1.86 bits per heavy atom. The first-order valence-corrected chi connectivity index (χ1v) is 8.69. The van der Waals surface area contributed by atoms with Crippen LogP contribution >= 0.6 is 12.4 Å². The predicted molar refractivity (Wildman–Crippen MR) is 112 cm³/mol. The lowest BCUT2D eigenvalue weighted by atomic mass is 9.92. The van der Waals surface area contributed by atoms with Crippen LogP contribution in [0, 0.1) is 6.92 Å². The fourth-order valence-electron chi connectivity index (χ4n) is 3.07. The Morgan fingerprint density at radius 3 is 2.48 bits per heavy atom. The molecule has 3 rings (SSSR count). The Hall–Kier alpha value is -3.26. The first kappa shape index (κ1) is 22.0. The number of benzene rings is 2. The summed E-state index contributed by atoms with van der Waals surface area (Å²) in [5.41, 5.74) is 6.95. The normalized spacial score (nSPS) is 18.1. The van der Waals surface area contributed by atoms with Gasteiger partial charge in [0.05, 0.1) is 7.11 Å². The summed E-state index contributed by atoms with van der Waals surface area (Å²) in [6, 6.07) is 11.3. The van der Waals surface area contributed by atoms with Gasteiger partial charge in [-0.2, -0.15) is 0 Å². The largest absolute Gasteiger partial charge is 0.497 e. The standard InChI is InChI=1S/C20H22N4O4.ClH/c1-12-4-7-14(21)10-16(12)22-17(25)11-24-18(26)20(2,23-19(24)27)13-5-8-15(28-3)9-6-13;/h4-10H,11,21H2,1-3H3,(H,22,25)(H,23,27);1H. The zero-order valence-electron chi connectivity index (χ0n) is 16.3. The number of anilines is 2. The van der Waals surface area contributed by atoms with E-state index >= 15 is 0 Å². The number of carbonyl (C=O) groups excluding carboxylic acids is 3. The SMILES string of the molecule is COc1ccc(C2(C)NC(=O)N(CC(=O)Nc3cc(N)ccc3C)C2=O)cc1.Cl. The highest BCUT2D eigenvalue weighted by molar-refractivity contribution is 6.10. The molecule has 0 bridgehead atoms. The molecule has 4 N–H and O–H groups in total. The van der Waals surface area contributed by atoms with Gasteiger partial charge in [0.1, 0.15) is 17.8 Å². The number of aryl methyl sites for hydroxylation is 1. The summed E-state index contributed by atoms with van der Waals surface area (Å²) in [5, 5.41) is 5.36. The first-order valence-electron chi connectivity index (χ1n) is 8.69. The number of carbonyl (C=O) groups is 3. The molecular formula is C20H23ClN4O4. The number of hydrogen-bond donors (Lipinski definition) is 3. The second kappa shape index (κ2) is 8.40. The van der Waals surface area contributed by atoms with E-state index in [9.17, 15) is 14.4 Å². The number of imide groups is 1. The van der Waals surface area contributed by atoms with Gasteiger partial charge in [-0.25, -0.2) is 4.79 Å². The minimum Gasteiger partial charge on any atom is -0.497 e. The van der Waals surface area contributed by atoms with Crippen molar-refractivity contribution in [3.63, 3.8) is 0 Å². The minimum absolute atomic E-state index is 0. The molecule has 0 aliphatic carbocycles. The highest BCUT2D eigenvalue weighted by Crippen LogP contribution is 2.30. The van der Waals surface area contributed by atoms with Gasteiger partial charge in [0.2, 0.25) is 5.91 Å². The van der Waals surface area contributed by atoms with E-state index in [2.05, 4.69) is 10.6 Å². The van der Waals surface area contributed by atoms with Crippen molar-refractivity contribution >= 4 is 41.6 Å². The van der Waals surface area contributed by atoms with Crippen LogP contribution in [-0.2, 0) is 15.1 Å². The Labute approximate surface area is 174 Å². The van der Waals surface area contributed by atoms with Crippen LogP contribution in [0.3, 0.4) is 0 Å². The van der Waals surface area contributed by atoms with Gasteiger partial charge in [-0.15, -0.1) is 12.4 Å². The molecular weight excluding hydrogens is 396 g/mol. The second-order valence-electron chi connectivity index (χ2n) is 6.80. The Balaban J connectivity index is 0.00000300. The number of urea groups is 1. The molecule has 2 aromatic rings. The van der Waals surface area contributed by atoms with Gasteiger partial charge in [-0.05, 0) is 49.2 Å². The van der Waals surface area contributed by atoms with Crippen LogP contribution in [0.5, 0.6) is 5.75 Å². The van der Waals surface area contributed by atoms with Crippen LogP contribution in [0.4, 0.5) is 16.2 Å². The topological polar surface area (TPSA) is 114 Å². The number of amides is 4. The van der Waals surface area contributed by atoms with E-state index in [0.717, 1.165) is 10.5 Å². The smallest absolute Gasteiger partial charge is 0.325 e. The molecule has 0 saturated carbocycles. The van der Waals surface area contributed by atoms with E-state index < -0.39 is 29.9 Å². The van der Waals surface area contributed by atoms with Crippen molar-refractivity contribution in [2.24, 2.45) is 0 Å². The number of halogens is 1. The van der Waals surface area contributed by atoms with Crippen molar-refractivity contribution in [2.75, 3.05) is 24.7 Å². The van der Waals surface area contributed by atoms with Crippen molar-refractivity contribution in [3.05, 3.63) is 53.6 Å². The van der Waals surface area contributed by atoms with Crippen molar-refractivity contribution in [1.29, 1.82) is 0 Å². The summed E-state index contributed by atoms with van der Waals surface area (Å²) in [7, 11) is 1.54. The molecule has 1 fully saturated rings. The molecule has 29 heavy (non-hydrogen) atoms. The number of hydrogen-bond acceptors (Lipinski definition) is 5. The zero-order valence-corrected chi connectivity index (χ0v) is 17.1. The van der Waals surface area contributed by atoms with Crippen molar-refractivity contribution < 1.29 is 19.1 Å². The van der Waals surface area contributed by atoms with Crippen molar-refractivity contribution in [2.45, 2.75) is 19.4 Å². The van der Waals surface area contributed by atoms with Crippen LogP contribution < -0.4 is 21.1 Å². The van der Waals surface area contributed by atoms with Gasteiger partial charge in [0.15, 0.2) is 0 Å². The summed E-state index contributed by atoms with van der Waals surface area (Å²) in [4.78, 5) is 38.6. The molecule has 8 nitrogen and oxygen atoms in total. The van der Waals surface area contributed by atoms with Gasteiger partial charge in [-0.3, -0.25) is 14.5 Å².